The van der Waals surface area contributed by atoms with E-state index in [4.69, 9.17) is 4.42 Å². The molecule has 0 spiro atoms. The minimum absolute atomic E-state index is 0.227. The van der Waals surface area contributed by atoms with Crippen LogP contribution in [-0.4, -0.2) is 25.5 Å². The quantitative estimate of drug-likeness (QED) is 0.0738. The van der Waals surface area contributed by atoms with E-state index in [0.29, 0.717) is 11.2 Å². The van der Waals surface area contributed by atoms with Crippen molar-refractivity contribution in [2.24, 2.45) is 0 Å². The second kappa shape index (κ2) is 10.0. The molecule has 238 valence electrons. The molecule has 50 heavy (non-hydrogen) atoms. The number of hydrogen-bond donors (Lipinski definition) is 5. The van der Waals surface area contributed by atoms with Gasteiger partial charge in [-0.05, 0) is 95.2 Å². The van der Waals surface area contributed by atoms with Crippen molar-refractivity contribution in [2.45, 2.75) is 0 Å². The molecule has 9 aromatic carbocycles. The number of aromatic hydroxyl groups is 5. The van der Waals surface area contributed by atoms with Crippen LogP contribution in [0.15, 0.2) is 132 Å². The second-order valence-corrected chi connectivity index (χ2v) is 12.8. The number of phenolic OH excluding ortho intramolecular Hbond substituents is 5. The third kappa shape index (κ3) is 3.78. The van der Waals surface area contributed by atoms with Crippen LogP contribution in [0, 0.1) is 0 Å². The first-order valence-corrected chi connectivity index (χ1v) is 16.2. The lowest BCUT2D eigenvalue weighted by Gasteiger charge is -2.17. The van der Waals surface area contributed by atoms with Gasteiger partial charge in [0.2, 0.25) is 17.2 Å². The van der Waals surface area contributed by atoms with Crippen LogP contribution in [0.5, 0.6) is 28.7 Å². The lowest BCUT2D eigenvalue weighted by molar-refractivity contribution is 0.330. The summed E-state index contributed by atoms with van der Waals surface area (Å²) >= 11 is 0. The SMILES string of the molecule is Oc1c(O)c(O)c(-c2ccc3c(c2)oc2cccc(-c4ccc5ccc6c(-c7ccc8ccccc8c7)ccc7ccc4c5c76)c23)c(O)c1O. The highest BCUT2D eigenvalue weighted by Gasteiger charge is 2.25. The van der Waals surface area contributed by atoms with E-state index >= 15 is 0 Å². The zero-order valence-corrected chi connectivity index (χ0v) is 26.3. The monoisotopic (exact) mass is 650 g/mol. The fraction of sp³-hybridized carbons (Fsp3) is 0. The molecule has 0 fully saturated rings. The molecule has 10 aromatic rings. The van der Waals surface area contributed by atoms with Gasteiger partial charge in [-0.2, -0.15) is 0 Å². The number of benzene rings is 9. The molecule has 6 nitrogen and oxygen atoms in total. The first-order chi connectivity index (χ1) is 24.4. The number of furan rings is 1. The van der Waals surface area contributed by atoms with Crippen molar-refractivity contribution in [3.8, 4) is 62.1 Å². The average molecular weight is 651 g/mol. The van der Waals surface area contributed by atoms with Gasteiger partial charge in [-0.25, -0.2) is 0 Å². The maximum absolute atomic E-state index is 10.6. The van der Waals surface area contributed by atoms with Gasteiger partial charge >= 0.3 is 0 Å². The standard InChI is InChI=1S/C44H26O6/c45-40-38(41(46)43(48)44(49)42(40)47)27-14-19-33-35(21-27)50-34-7-3-6-30(39(33)34)29-16-11-24-12-17-31-28(15-10-23-13-18-32(29)37(24)36(23)31)26-9-8-22-4-1-2-5-25(22)20-26/h1-21,45-49H. The molecule has 5 N–H and O–H groups in total. The maximum atomic E-state index is 10.6. The van der Waals surface area contributed by atoms with E-state index < -0.39 is 28.7 Å². The Hall–Kier alpha value is -6.92. The Morgan fingerprint density at radius 1 is 0.340 bits per heavy atom. The van der Waals surface area contributed by atoms with Gasteiger partial charge in [-0.3, -0.25) is 0 Å². The van der Waals surface area contributed by atoms with Gasteiger partial charge in [0.25, 0.3) is 0 Å². The van der Waals surface area contributed by atoms with Crippen molar-refractivity contribution >= 4 is 65.0 Å². The van der Waals surface area contributed by atoms with E-state index in [1.807, 2.05) is 18.2 Å². The zero-order valence-electron chi connectivity index (χ0n) is 26.3. The van der Waals surface area contributed by atoms with E-state index in [9.17, 15) is 25.5 Å². The molecule has 1 heterocycles. The number of phenols is 5. The normalized spacial score (nSPS) is 12.0. The largest absolute Gasteiger partial charge is 0.504 e. The fourth-order valence-electron chi connectivity index (χ4n) is 7.81. The number of rotatable bonds is 3. The van der Waals surface area contributed by atoms with Gasteiger partial charge in [0, 0.05) is 10.8 Å². The molecule has 0 bridgehead atoms. The second-order valence-electron chi connectivity index (χ2n) is 12.8. The maximum Gasteiger partial charge on any atom is 0.208 e. The summed E-state index contributed by atoms with van der Waals surface area (Å²) in [6.07, 6.45) is 0. The molecular formula is C44H26O6. The Morgan fingerprint density at radius 2 is 0.920 bits per heavy atom. The van der Waals surface area contributed by atoms with E-state index in [0.717, 1.165) is 32.7 Å². The van der Waals surface area contributed by atoms with Gasteiger partial charge in [0.1, 0.15) is 11.2 Å². The smallest absolute Gasteiger partial charge is 0.208 e. The molecule has 0 amide bonds. The highest BCUT2D eigenvalue weighted by molar-refractivity contribution is 6.29. The predicted molar refractivity (Wildman–Crippen MR) is 200 cm³/mol. The zero-order chi connectivity index (χ0) is 33.8. The molecule has 0 unspecified atom stereocenters. The van der Waals surface area contributed by atoms with Crippen LogP contribution in [-0.2, 0) is 0 Å². The fourth-order valence-corrected chi connectivity index (χ4v) is 7.81. The van der Waals surface area contributed by atoms with Crippen LogP contribution >= 0.6 is 0 Å². The van der Waals surface area contributed by atoms with Crippen LogP contribution in [0.4, 0.5) is 0 Å². The Labute approximate surface area is 283 Å². The molecular weight excluding hydrogens is 624 g/mol. The van der Waals surface area contributed by atoms with Crippen LogP contribution in [0.2, 0.25) is 0 Å². The number of hydrogen-bond acceptors (Lipinski definition) is 6. The predicted octanol–water partition coefficient (Wildman–Crippen LogP) is 11.2. The van der Waals surface area contributed by atoms with Gasteiger partial charge in [-0.15, -0.1) is 0 Å². The topological polar surface area (TPSA) is 114 Å². The molecule has 0 radical (unpaired) electrons. The molecule has 0 aliphatic carbocycles. The Morgan fingerprint density at radius 3 is 1.66 bits per heavy atom. The van der Waals surface area contributed by atoms with Gasteiger partial charge in [-0.1, -0.05) is 103 Å². The minimum atomic E-state index is -1.00. The van der Waals surface area contributed by atoms with Crippen molar-refractivity contribution in [3.05, 3.63) is 127 Å². The minimum Gasteiger partial charge on any atom is -0.504 e. The first-order valence-electron chi connectivity index (χ1n) is 16.2. The molecule has 0 aliphatic heterocycles. The van der Waals surface area contributed by atoms with E-state index in [-0.39, 0.29) is 11.1 Å². The Kier molecular flexibility index (Phi) is 5.65. The molecule has 6 heteroatoms. The summed E-state index contributed by atoms with van der Waals surface area (Å²) in [7, 11) is 0. The van der Waals surface area contributed by atoms with Crippen LogP contribution in [0.3, 0.4) is 0 Å². The summed E-state index contributed by atoms with van der Waals surface area (Å²) < 4.78 is 6.32. The summed E-state index contributed by atoms with van der Waals surface area (Å²) in [4.78, 5) is 0. The third-order valence-electron chi connectivity index (χ3n) is 10.2. The highest BCUT2D eigenvalue weighted by Crippen LogP contribution is 2.55. The van der Waals surface area contributed by atoms with E-state index in [1.54, 1.807) is 12.1 Å². The Balaban J connectivity index is 1.19. The average Bonchev–Trinajstić information content (AvgIpc) is 3.53. The highest BCUT2D eigenvalue weighted by atomic mass is 16.4. The first kappa shape index (κ1) is 28.1. The summed E-state index contributed by atoms with van der Waals surface area (Å²) in [6, 6.07) is 43.7. The summed E-state index contributed by atoms with van der Waals surface area (Å²) in [5, 5.41) is 62.5. The molecule has 10 rings (SSSR count). The molecule has 1 aromatic heterocycles. The molecule has 0 aliphatic rings. The summed E-state index contributed by atoms with van der Waals surface area (Å²) in [6.45, 7) is 0. The third-order valence-corrected chi connectivity index (χ3v) is 10.2. The van der Waals surface area contributed by atoms with Crippen molar-refractivity contribution in [3.63, 3.8) is 0 Å². The van der Waals surface area contributed by atoms with Crippen molar-refractivity contribution in [1.29, 1.82) is 0 Å². The van der Waals surface area contributed by atoms with Crippen molar-refractivity contribution in [2.75, 3.05) is 0 Å². The van der Waals surface area contributed by atoms with E-state index in [1.165, 1.54) is 43.4 Å². The van der Waals surface area contributed by atoms with Crippen molar-refractivity contribution in [1.82, 2.24) is 0 Å². The number of fused-ring (bicyclic) bond motifs is 4. The Bertz CT molecular complexity index is 3020. The van der Waals surface area contributed by atoms with Crippen molar-refractivity contribution < 1.29 is 29.9 Å². The lowest BCUT2D eigenvalue weighted by Crippen LogP contribution is -1.90. The van der Waals surface area contributed by atoms with E-state index in [2.05, 4.69) is 97.1 Å². The summed E-state index contributed by atoms with van der Waals surface area (Å²) in [5.74, 6) is -4.38. The molecule has 0 atom stereocenters. The van der Waals surface area contributed by atoms with Gasteiger partial charge in [0.05, 0.1) is 5.56 Å². The van der Waals surface area contributed by atoms with Crippen LogP contribution < -0.4 is 0 Å². The lowest BCUT2D eigenvalue weighted by atomic mass is 9.86. The molecule has 0 saturated heterocycles. The van der Waals surface area contributed by atoms with Gasteiger partial charge < -0.3 is 29.9 Å². The van der Waals surface area contributed by atoms with Crippen LogP contribution in [0.25, 0.3) is 98.4 Å². The molecule has 0 saturated carbocycles. The summed E-state index contributed by atoms with van der Waals surface area (Å²) in [5.41, 5.74) is 5.61. The van der Waals surface area contributed by atoms with Gasteiger partial charge in [0.15, 0.2) is 11.5 Å². The van der Waals surface area contributed by atoms with Crippen LogP contribution in [0.1, 0.15) is 0 Å².